The standard InChI is InChI=1S/C19H25NO3.C9H12FN2O8P/c1-4-5-8-14-22-23-18(21)19(2,3)20-17-13-9-11-15-10-6-7-12-16(15)17;10-4-2-12(9(15)11-8(4)14)7-1-5(13)6(20-7)3-19-21(16,17)18/h6-7,9-13,20H,4-5,8,14H2,1-3H3;2,5-7,13H,1,3H2,(H,11,14,15)(H2,16,17,18)/t;5-,6+,7+/m.0/s1. The van der Waals surface area contributed by atoms with Gasteiger partial charge in [0.25, 0.3) is 5.56 Å². The van der Waals surface area contributed by atoms with E-state index in [1.165, 1.54) is 0 Å². The zero-order chi connectivity index (χ0) is 32.5. The van der Waals surface area contributed by atoms with Gasteiger partial charge in [0.2, 0.25) is 5.82 Å². The van der Waals surface area contributed by atoms with Crippen molar-refractivity contribution in [3.8, 4) is 0 Å². The number of aliphatic hydroxyl groups is 1. The minimum Gasteiger partial charge on any atom is -0.390 e. The van der Waals surface area contributed by atoms with E-state index in [0.29, 0.717) is 12.8 Å². The van der Waals surface area contributed by atoms with Gasteiger partial charge in [-0.15, -0.1) is 0 Å². The molecule has 1 fully saturated rings. The number of benzene rings is 2. The monoisotopic (exact) mass is 641 g/mol. The van der Waals surface area contributed by atoms with Gasteiger partial charge in [0.15, 0.2) is 0 Å². The van der Waals surface area contributed by atoms with Crippen LogP contribution in [0, 0.1) is 5.82 Å². The fraction of sp³-hybridized carbons (Fsp3) is 0.464. The number of phosphoric acid groups is 1. The zero-order valence-electron chi connectivity index (χ0n) is 24.5. The van der Waals surface area contributed by atoms with Crippen LogP contribution >= 0.6 is 7.82 Å². The highest BCUT2D eigenvalue weighted by Crippen LogP contribution is 2.38. The third kappa shape index (κ3) is 10.1. The number of ether oxygens (including phenoxy) is 1. The quantitative estimate of drug-likeness (QED) is 0.0839. The lowest BCUT2D eigenvalue weighted by Crippen LogP contribution is -2.41. The molecule has 2 aromatic carbocycles. The Morgan fingerprint density at radius 3 is 2.59 bits per heavy atom. The number of hydrogen-bond acceptors (Lipinski definition) is 10. The predicted molar refractivity (Wildman–Crippen MR) is 157 cm³/mol. The van der Waals surface area contributed by atoms with E-state index in [1.807, 2.05) is 42.5 Å². The predicted octanol–water partition coefficient (Wildman–Crippen LogP) is 3.13. The number of hydrogen-bond donors (Lipinski definition) is 5. The highest BCUT2D eigenvalue weighted by molar-refractivity contribution is 7.46. The van der Waals surface area contributed by atoms with Gasteiger partial charge in [-0.1, -0.05) is 56.2 Å². The maximum Gasteiger partial charge on any atom is 0.469 e. The number of aromatic nitrogens is 2. The average molecular weight is 642 g/mol. The van der Waals surface area contributed by atoms with Crippen LogP contribution in [0.1, 0.15) is 52.7 Å². The van der Waals surface area contributed by atoms with Gasteiger partial charge >= 0.3 is 19.5 Å². The number of nitrogens with zero attached hydrogens (tertiary/aromatic N) is 1. The van der Waals surface area contributed by atoms with E-state index in [-0.39, 0.29) is 6.42 Å². The Kier molecular flexibility index (Phi) is 12.4. The Bertz CT molecular complexity index is 1570. The third-order valence-electron chi connectivity index (χ3n) is 6.56. The second-order valence-corrected chi connectivity index (χ2v) is 11.8. The molecule has 0 radical (unpaired) electrons. The molecule has 0 spiro atoms. The van der Waals surface area contributed by atoms with E-state index in [9.17, 15) is 28.4 Å². The van der Waals surface area contributed by atoms with Crippen LogP contribution in [0.4, 0.5) is 10.1 Å². The summed E-state index contributed by atoms with van der Waals surface area (Å²) in [6.45, 7) is 5.51. The molecular weight excluding hydrogens is 604 g/mol. The smallest absolute Gasteiger partial charge is 0.390 e. The summed E-state index contributed by atoms with van der Waals surface area (Å²) in [6.07, 6.45) is 0.171. The van der Waals surface area contributed by atoms with Crippen LogP contribution in [0.15, 0.2) is 58.3 Å². The lowest BCUT2D eigenvalue weighted by molar-refractivity contribution is -0.275. The number of H-pyrrole nitrogens is 1. The van der Waals surface area contributed by atoms with Gasteiger partial charge in [0.1, 0.15) is 17.9 Å². The van der Waals surface area contributed by atoms with Gasteiger partial charge in [-0.25, -0.2) is 14.2 Å². The highest BCUT2D eigenvalue weighted by Gasteiger charge is 2.37. The van der Waals surface area contributed by atoms with Gasteiger partial charge < -0.3 is 24.9 Å². The summed E-state index contributed by atoms with van der Waals surface area (Å²) in [7, 11) is -4.73. The third-order valence-corrected chi connectivity index (χ3v) is 7.04. The molecule has 2 heterocycles. The van der Waals surface area contributed by atoms with Crippen molar-refractivity contribution in [1.29, 1.82) is 0 Å². The number of carbonyl (C=O) groups excluding carboxylic acids is 1. The number of phosphoric ester groups is 1. The molecule has 44 heavy (non-hydrogen) atoms. The van der Waals surface area contributed by atoms with Crippen molar-refractivity contribution < 1.29 is 47.7 Å². The van der Waals surface area contributed by atoms with Crippen molar-refractivity contribution in [2.24, 2.45) is 0 Å². The van der Waals surface area contributed by atoms with Crippen LogP contribution in [0.25, 0.3) is 10.8 Å². The molecule has 1 saturated heterocycles. The number of carbonyl (C=O) groups is 1. The topological polar surface area (TPSA) is 199 Å². The minimum absolute atomic E-state index is 0.138. The molecule has 1 aliphatic heterocycles. The molecule has 0 aliphatic carbocycles. The van der Waals surface area contributed by atoms with Crippen LogP contribution in [-0.2, 0) is 28.4 Å². The van der Waals surface area contributed by atoms with E-state index in [4.69, 9.17) is 24.3 Å². The Morgan fingerprint density at radius 1 is 1.18 bits per heavy atom. The lowest BCUT2D eigenvalue weighted by atomic mass is 10.0. The zero-order valence-corrected chi connectivity index (χ0v) is 25.4. The van der Waals surface area contributed by atoms with Crippen molar-refractivity contribution >= 4 is 30.3 Å². The molecule has 242 valence electrons. The highest BCUT2D eigenvalue weighted by atomic mass is 31.2. The fourth-order valence-electron chi connectivity index (χ4n) is 4.21. The maximum atomic E-state index is 13.2. The Hall–Kier alpha value is -3.43. The SMILES string of the molecule is CCCCCOOC(=O)C(C)(C)Nc1cccc2ccccc12.O=c1[nH]c(=O)n([C@H]2C[C@H](O)[C@@H](COP(=O)(O)O)O2)cc1F. The van der Waals surface area contributed by atoms with Crippen molar-refractivity contribution in [3.05, 3.63) is 75.3 Å². The minimum atomic E-state index is -4.73. The van der Waals surface area contributed by atoms with Crippen LogP contribution in [0.3, 0.4) is 0 Å². The Morgan fingerprint density at radius 2 is 1.89 bits per heavy atom. The Balaban J connectivity index is 0.000000241. The van der Waals surface area contributed by atoms with Crippen LogP contribution < -0.4 is 16.6 Å². The number of halogens is 1. The Labute approximate surface area is 251 Å². The number of unbranched alkanes of at least 4 members (excludes halogenated alkanes) is 2. The lowest BCUT2D eigenvalue weighted by Gasteiger charge is -2.25. The normalized spacial score (nSPS) is 18.5. The summed E-state index contributed by atoms with van der Waals surface area (Å²) in [6, 6.07) is 14.0. The van der Waals surface area contributed by atoms with Crippen molar-refractivity contribution in [2.45, 2.75) is 70.4 Å². The molecule has 0 saturated carbocycles. The first kappa shape index (κ1) is 35.1. The molecule has 14 nitrogen and oxygen atoms in total. The van der Waals surface area contributed by atoms with E-state index in [1.54, 1.807) is 18.8 Å². The molecule has 4 rings (SSSR count). The van der Waals surface area contributed by atoms with Gasteiger partial charge in [-0.05, 0) is 31.7 Å². The first-order valence-electron chi connectivity index (χ1n) is 13.9. The van der Waals surface area contributed by atoms with Gasteiger partial charge in [-0.2, -0.15) is 9.28 Å². The molecule has 5 N–H and O–H groups in total. The number of fused-ring (bicyclic) bond motifs is 1. The molecule has 0 bridgehead atoms. The van der Waals surface area contributed by atoms with Crippen LogP contribution in [0.5, 0.6) is 0 Å². The number of nitrogens with one attached hydrogen (secondary N) is 2. The van der Waals surface area contributed by atoms with Crippen molar-refractivity contribution in [1.82, 2.24) is 9.55 Å². The molecule has 16 heteroatoms. The maximum absolute atomic E-state index is 13.2. The molecule has 3 atom stereocenters. The van der Waals surface area contributed by atoms with Crippen molar-refractivity contribution in [2.75, 3.05) is 18.5 Å². The molecule has 0 unspecified atom stereocenters. The summed E-state index contributed by atoms with van der Waals surface area (Å²) < 4.78 is 33.9. The van der Waals surface area contributed by atoms with E-state index < -0.39 is 61.4 Å². The summed E-state index contributed by atoms with van der Waals surface area (Å²) in [4.78, 5) is 63.5. The molecule has 1 aliphatic rings. The first-order chi connectivity index (χ1) is 20.7. The molecule has 3 aromatic rings. The van der Waals surface area contributed by atoms with Crippen molar-refractivity contribution in [3.63, 3.8) is 0 Å². The second-order valence-electron chi connectivity index (χ2n) is 10.5. The van der Waals surface area contributed by atoms with Gasteiger partial charge in [0.05, 0.1) is 25.5 Å². The molecular formula is C28H37FN3O11P. The van der Waals surface area contributed by atoms with Crippen LogP contribution in [0.2, 0.25) is 0 Å². The number of aliphatic hydroxyl groups excluding tert-OH is 1. The van der Waals surface area contributed by atoms with Gasteiger partial charge in [-0.3, -0.25) is 23.8 Å². The fourth-order valence-corrected chi connectivity index (χ4v) is 4.55. The average Bonchev–Trinajstić information content (AvgIpc) is 3.33. The van der Waals surface area contributed by atoms with E-state index >= 15 is 0 Å². The van der Waals surface area contributed by atoms with E-state index in [2.05, 4.69) is 16.8 Å². The van der Waals surface area contributed by atoms with E-state index in [0.717, 1.165) is 40.3 Å². The summed E-state index contributed by atoms with van der Waals surface area (Å²) in [5, 5.41) is 15.1. The molecule has 1 aromatic heterocycles. The summed E-state index contributed by atoms with van der Waals surface area (Å²) >= 11 is 0. The molecule has 0 amide bonds. The summed E-state index contributed by atoms with van der Waals surface area (Å²) in [5.41, 5.74) is -2.10. The largest absolute Gasteiger partial charge is 0.469 e. The number of rotatable bonds is 12. The summed E-state index contributed by atoms with van der Waals surface area (Å²) in [5.74, 6) is -1.63. The number of anilines is 1. The second kappa shape index (κ2) is 15.5. The number of aromatic amines is 1. The van der Waals surface area contributed by atoms with Gasteiger partial charge in [0, 0.05) is 17.5 Å². The van der Waals surface area contributed by atoms with Crippen LogP contribution in [-0.4, -0.2) is 61.4 Å². The first-order valence-corrected chi connectivity index (χ1v) is 15.4.